The Kier molecular flexibility index (Phi) is 5.88. The number of hydrogen-bond donors (Lipinski definition) is 0. The SMILES string of the molecule is COC(=O)c1cc(C2CCCN2c2cncc(Br)n2)c2nc(N3CCOCC3)cnc2c1. The minimum atomic E-state index is -0.390. The average molecular weight is 499 g/mol. The van der Waals surface area contributed by atoms with Gasteiger partial charge in [0.05, 0.1) is 61.6 Å². The van der Waals surface area contributed by atoms with Gasteiger partial charge >= 0.3 is 5.97 Å². The molecule has 3 aromatic rings. The molecule has 1 aromatic carbocycles. The number of halogens is 1. The maximum atomic E-state index is 12.4. The van der Waals surface area contributed by atoms with Crippen LogP contribution >= 0.6 is 15.9 Å². The standard InChI is InChI=1S/C22H23BrN6O3/c1-31-22(30)14-9-15(17-3-2-4-29(17)20-12-24-11-18(23)26-20)21-16(10-14)25-13-19(27-21)28-5-7-32-8-6-28/h9-13,17H,2-8H2,1H3. The van der Waals surface area contributed by atoms with Crippen LogP contribution in [0.4, 0.5) is 11.6 Å². The molecule has 2 saturated heterocycles. The van der Waals surface area contributed by atoms with Crippen molar-refractivity contribution < 1.29 is 14.3 Å². The van der Waals surface area contributed by atoms with E-state index >= 15 is 0 Å². The summed E-state index contributed by atoms with van der Waals surface area (Å²) in [7, 11) is 1.39. The first-order valence-corrected chi connectivity index (χ1v) is 11.4. The fourth-order valence-electron chi connectivity index (χ4n) is 4.40. The van der Waals surface area contributed by atoms with Gasteiger partial charge in [-0.05, 0) is 40.9 Å². The van der Waals surface area contributed by atoms with Crippen LogP contribution in [0.3, 0.4) is 0 Å². The van der Waals surface area contributed by atoms with E-state index in [2.05, 4.69) is 40.7 Å². The van der Waals surface area contributed by atoms with Gasteiger partial charge in [-0.1, -0.05) is 0 Å². The van der Waals surface area contributed by atoms with Crippen molar-refractivity contribution in [2.24, 2.45) is 0 Å². The number of carbonyl (C=O) groups excluding carboxylic acids is 1. The Labute approximate surface area is 193 Å². The summed E-state index contributed by atoms with van der Waals surface area (Å²) in [6.07, 6.45) is 7.11. The predicted molar refractivity (Wildman–Crippen MR) is 123 cm³/mol. The first-order valence-electron chi connectivity index (χ1n) is 10.6. The Balaban J connectivity index is 1.63. The molecule has 5 rings (SSSR count). The summed E-state index contributed by atoms with van der Waals surface area (Å²) in [5.41, 5.74) is 2.88. The van der Waals surface area contributed by atoms with E-state index in [0.717, 1.165) is 55.2 Å². The van der Waals surface area contributed by atoms with Gasteiger partial charge in [-0.15, -0.1) is 0 Å². The molecule has 0 bridgehead atoms. The molecular weight excluding hydrogens is 476 g/mol. The molecule has 32 heavy (non-hydrogen) atoms. The summed E-state index contributed by atoms with van der Waals surface area (Å²) in [6.45, 7) is 3.74. The summed E-state index contributed by atoms with van der Waals surface area (Å²) >= 11 is 3.42. The number of morpholine rings is 1. The van der Waals surface area contributed by atoms with E-state index in [0.29, 0.717) is 28.9 Å². The first kappa shape index (κ1) is 21.0. The Bertz CT molecular complexity index is 1150. The van der Waals surface area contributed by atoms with E-state index in [1.165, 1.54) is 7.11 Å². The fourth-order valence-corrected chi connectivity index (χ4v) is 4.70. The van der Waals surface area contributed by atoms with Crippen molar-refractivity contribution in [1.82, 2.24) is 19.9 Å². The Hall–Kier alpha value is -2.85. The molecule has 0 saturated carbocycles. The van der Waals surface area contributed by atoms with Crippen molar-refractivity contribution in [3.05, 3.63) is 46.5 Å². The lowest BCUT2D eigenvalue weighted by Crippen LogP contribution is -2.36. The van der Waals surface area contributed by atoms with Gasteiger partial charge in [-0.2, -0.15) is 0 Å². The molecular formula is C22H23BrN6O3. The normalized spacial score (nSPS) is 18.9. The third-order valence-corrected chi connectivity index (χ3v) is 6.30. The van der Waals surface area contributed by atoms with Gasteiger partial charge < -0.3 is 19.3 Å². The third-order valence-electron chi connectivity index (χ3n) is 5.92. The van der Waals surface area contributed by atoms with Gasteiger partial charge in [0.15, 0.2) is 0 Å². The van der Waals surface area contributed by atoms with Gasteiger partial charge in [0.25, 0.3) is 0 Å². The molecule has 4 heterocycles. The maximum absolute atomic E-state index is 12.4. The number of aromatic nitrogens is 4. The van der Waals surface area contributed by atoms with Gasteiger partial charge in [0, 0.05) is 25.2 Å². The summed E-state index contributed by atoms with van der Waals surface area (Å²) < 4.78 is 11.2. The zero-order valence-corrected chi connectivity index (χ0v) is 19.3. The van der Waals surface area contributed by atoms with Crippen LogP contribution in [-0.2, 0) is 9.47 Å². The van der Waals surface area contributed by atoms with E-state index in [1.54, 1.807) is 24.7 Å². The topological polar surface area (TPSA) is 93.6 Å². The number of anilines is 2. The molecule has 2 fully saturated rings. The number of methoxy groups -OCH3 is 1. The number of nitrogens with zero attached hydrogens (tertiary/aromatic N) is 6. The molecule has 0 aliphatic carbocycles. The van der Waals surface area contributed by atoms with E-state index in [-0.39, 0.29) is 12.0 Å². The highest BCUT2D eigenvalue weighted by molar-refractivity contribution is 9.10. The smallest absolute Gasteiger partial charge is 0.337 e. The van der Waals surface area contributed by atoms with Gasteiger partial charge in [0.2, 0.25) is 0 Å². The fraction of sp³-hybridized carbons (Fsp3) is 0.409. The van der Waals surface area contributed by atoms with E-state index in [1.807, 2.05) is 6.07 Å². The number of rotatable bonds is 4. The average Bonchev–Trinajstić information content (AvgIpc) is 3.33. The van der Waals surface area contributed by atoms with Crippen molar-refractivity contribution >= 4 is 44.6 Å². The minimum absolute atomic E-state index is 0.0000507. The van der Waals surface area contributed by atoms with Crippen LogP contribution in [-0.4, -0.2) is 65.9 Å². The molecule has 1 unspecified atom stereocenters. The van der Waals surface area contributed by atoms with Crippen LogP contribution in [0.1, 0.15) is 34.8 Å². The number of esters is 1. The van der Waals surface area contributed by atoms with Gasteiger partial charge in [-0.3, -0.25) is 9.97 Å². The minimum Gasteiger partial charge on any atom is -0.465 e. The van der Waals surface area contributed by atoms with Crippen molar-refractivity contribution in [3.8, 4) is 0 Å². The molecule has 9 nitrogen and oxygen atoms in total. The highest BCUT2D eigenvalue weighted by atomic mass is 79.9. The van der Waals surface area contributed by atoms with Crippen molar-refractivity contribution in [2.45, 2.75) is 18.9 Å². The molecule has 0 amide bonds. The van der Waals surface area contributed by atoms with Crippen LogP contribution in [0.25, 0.3) is 11.0 Å². The number of benzene rings is 1. The monoisotopic (exact) mass is 498 g/mol. The van der Waals surface area contributed by atoms with E-state index in [9.17, 15) is 4.79 Å². The number of ether oxygens (including phenoxy) is 2. The van der Waals surface area contributed by atoms with Crippen molar-refractivity contribution in [2.75, 3.05) is 49.8 Å². The second kappa shape index (κ2) is 8.95. The van der Waals surface area contributed by atoms with Crippen LogP contribution < -0.4 is 9.80 Å². The van der Waals surface area contributed by atoms with Crippen molar-refractivity contribution in [1.29, 1.82) is 0 Å². The van der Waals surface area contributed by atoms with Crippen LogP contribution in [0, 0.1) is 0 Å². The van der Waals surface area contributed by atoms with E-state index in [4.69, 9.17) is 14.5 Å². The largest absolute Gasteiger partial charge is 0.465 e. The lowest BCUT2D eigenvalue weighted by molar-refractivity contribution is 0.0600. The summed E-state index contributed by atoms with van der Waals surface area (Å²) in [6, 6.07) is 3.64. The second-order valence-corrected chi connectivity index (χ2v) is 8.62. The zero-order valence-electron chi connectivity index (χ0n) is 17.7. The maximum Gasteiger partial charge on any atom is 0.337 e. The predicted octanol–water partition coefficient (Wildman–Crippen LogP) is 3.15. The molecule has 1 atom stereocenters. The molecule has 0 N–H and O–H groups in total. The number of fused-ring (bicyclic) bond motifs is 1. The van der Waals surface area contributed by atoms with E-state index < -0.39 is 0 Å². The summed E-state index contributed by atoms with van der Waals surface area (Å²) in [5.74, 6) is 1.22. The van der Waals surface area contributed by atoms with Crippen LogP contribution in [0.2, 0.25) is 0 Å². The third kappa shape index (κ3) is 4.00. The van der Waals surface area contributed by atoms with Crippen LogP contribution in [0.5, 0.6) is 0 Å². The Morgan fingerprint density at radius 1 is 1.12 bits per heavy atom. The highest BCUT2D eigenvalue weighted by Gasteiger charge is 2.31. The van der Waals surface area contributed by atoms with Crippen LogP contribution in [0.15, 0.2) is 35.3 Å². The molecule has 2 aliphatic heterocycles. The summed E-state index contributed by atoms with van der Waals surface area (Å²) in [5, 5.41) is 0. The molecule has 2 aromatic heterocycles. The molecule has 0 radical (unpaired) electrons. The quantitative estimate of drug-likeness (QED) is 0.502. The molecule has 166 valence electrons. The Morgan fingerprint density at radius 2 is 1.97 bits per heavy atom. The van der Waals surface area contributed by atoms with Crippen molar-refractivity contribution in [3.63, 3.8) is 0 Å². The number of carbonyl (C=O) groups is 1. The molecule has 2 aliphatic rings. The first-order chi connectivity index (χ1) is 15.6. The lowest BCUT2D eigenvalue weighted by Gasteiger charge is -2.29. The zero-order chi connectivity index (χ0) is 22.1. The van der Waals surface area contributed by atoms with Gasteiger partial charge in [0.1, 0.15) is 16.2 Å². The second-order valence-electron chi connectivity index (χ2n) is 7.80. The molecule has 0 spiro atoms. The highest BCUT2D eigenvalue weighted by Crippen LogP contribution is 2.38. The molecule has 10 heteroatoms. The van der Waals surface area contributed by atoms with Gasteiger partial charge in [-0.25, -0.2) is 14.8 Å². The summed E-state index contributed by atoms with van der Waals surface area (Å²) in [4.78, 5) is 35.4. The number of hydrogen-bond acceptors (Lipinski definition) is 9. The Morgan fingerprint density at radius 3 is 2.75 bits per heavy atom. The lowest BCUT2D eigenvalue weighted by atomic mass is 9.99.